The van der Waals surface area contributed by atoms with Crippen LogP contribution in [0.1, 0.15) is 61.1 Å². The Kier molecular flexibility index (Phi) is 8.12. The van der Waals surface area contributed by atoms with Gasteiger partial charge in [0.05, 0.1) is 6.54 Å². The molecule has 3 rings (SSSR count). The molecule has 0 aliphatic heterocycles. The highest BCUT2D eigenvalue weighted by Gasteiger charge is 2.27. The van der Waals surface area contributed by atoms with Crippen molar-refractivity contribution < 1.29 is 14.0 Å². The third-order valence-corrected chi connectivity index (χ3v) is 5.76. The second-order valence-corrected chi connectivity index (χ2v) is 7.97. The lowest BCUT2D eigenvalue weighted by molar-refractivity contribution is 0.0848. The number of pyridine rings is 2. The van der Waals surface area contributed by atoms with Gasteiger partial charge in [-0.1, -0.05) is 18.9 Å². The van der Waals surface area contributed by atoms with Gasteiger partial charge in [0.2, 0.25) is 5.88 Å². The molecular formula is C24H31FN4O2. The lowest BCUT2D eigenvalue weighted by Gasteiger charge is -2.23. The highest BCUT2D eigenvalue weighted by molar-refractivity contribution is 5.97. The van der Waals surface area contributed by atoms with E-state index in [0.717, 1.165) is 47.2 Å². The van der Waals surface area contributed by atoms with Crippen molar-refractivity contribution in [2.24, 2.45) is 5.92 Å². The zero-order valence-corrected chi connectivity index (χ0v) is 18.5. The van der Waals surface area contributed by atoms with Gasteiger partial charge < -0.3 is 10.1 Å². The van der Waals surface area contributed by atoms with Crippen molar-refractivity contribution in [1.82, 2.24) is 20.8 Å². The molecule has 1 aliphatic carbocycles. The topological polar surface area (TPSA) is 76.1 Å². The third kappa shape index (κ3) is 5.67. The van der Waals surface area contributed by atoms with E-state index in [9.17, 15) is 9.28 Å². The summed E-state index contributed by atoms with van der Waals surface area (Å²) >= 11 is 0. The highest BCUT2D eigenvalue weighted by Crippen LogP contribution is 2.28. The Morgan fingerprint density at radius 1 is 1.35 bits per heavy atom. The fraction of sp³-hybridized carbons (Fsp3) is 0.458. The summed E-state index contributed by atoms with van der Waals surface area (Å²) in [5.74, 6) is 0.745. The summed E-state index contributed by atoms with van der Waals surface area (Å²) in [6, 6.07) is 3.97. The van der Waals surface area contributed by atoms with Gasteiger partial charge in [-0.2, -0.15) is 5.54 Å². The number of Topliss-reactive ketones (excluding diaryl/α,β-unsaturated/α-hetero) is 1. The van der Waals surface area contributed by atoms with Crippen LogP contribution in [0.5, 0.6) is 5.88 Å². The zero-order valence-electron chi connectivity index (χ0n) is 18.5. The van der Waals surface area contributed by atoms with E-state index in [0.29, 0.717) is 18.1 Å². The van der Waals surface area contributed by atoms with Gasteiger partial charge in [0.25, 0.3) is 0 Å². The summed E-state index contributed by atoms with van der Waals surface area (Å²) in [5.41, 5.74) is 5.21. The number of hydrogen-bond acceptors (Lipinski definition) is 6. The van der Waals surface area contributed by atoms with Crippen molar-refractivity contribution in [2.45, 2.75) is 53.0 Å². The number of aromatic nitrogens is 2. The van der Waals surface area contributed by atoms with Crippen LogP contribution >= 0.6 is 0 Å². The lowest BCUT2D eigenvalue weighted by Crippen LogP contribution is -2.38. The number of nitrogens with zero attached hydrogens (tertiary/aromatic N) is 2. The van der Waals surface area contributed by atoms with Crippen molar-refractivity contribution in [3.05, 3.63) is 51.8 Å². The summed E-state index contributed by atoms with van der Waals surface area (Å²) in [5, 5.41) is 5.26. The van der Waals surface area contributed by atoms with Crippen molar-refractivity contribution in [3.8, 4) is 5.88 Å². The molecule has 1 aliphatic rings. The molecule has 0 bridgehead atoms. The third-order valence-electron chi connectivity index (χ3n) is 5.76. The number of rotatable bonds is 10. The maximum Gasteiger partial charge on any atom is 0.216 e. The summed E-state index contributed by atoms with van der Waals surface area (Å²) < 4.78 is 17.4. The lowest BCUT2D eigenvalue weighted by atomic mass is 9.80. The monoisotopic (exact) mass is 426 g/mol. The first kappa shape index (κ1) is 22.9. The number of ketones is 1. The number of carbonyl (C=O) groups is 1. The first-order valence-electron chi connectivity index (χ1n) is 10.9. The van der Waals surface area contributed by atoms with E-state index < -0.39 is 0 Å². The number of carbonyl (C=O) groups excluding carboxylic acids is 1. The van der Waals surface area contributed by atoms with Gasteiger partial charge >= 0.3 is 0 Å². The van der Waals surface area contributed by atoms with Crippen LogP contribution in [0.15, 0.2) is 24.5 Å². The molecule has 1 fully saturated rings. The number of hydrogen-bond donors (Lipinski definition) is 2. The summed E-state index contributed by atoms with van der Waals surface area (Å²) in [6.45, 7) is 6.99. The van der Waals surface area contributed by atoms with Crippen LogP contribution in [-0.4, -0.2) is 28.9 Å². The van der Waals surface area contributed by atoms with Gasteiger partial charge in [-0.15, -0.1) is 4.48 Å². The van der Waals surface area contributed by atoms with Gasteiger partial charge in [0.1, 0.15) is 12.3 Å². The van der Waals surface area contributed by atoms with Gasteiger partial charge in [0.15, 0.2) is 5.78 Å². The van der Waals surface area contributed by atoms with Crippen LogP contribution in [0.3, 0.4) is 0 Å². The molecular weight excluding hydrogens is 395 g/mol. The van der Waals surface area contributed by atoms with Gasteiger partial charge in [0, 0.05) is 41.8 Å². The first-order chi connectivity index (χ1) is 15.0. The molecule has 0 saturated heterocycles. The largest absolute Gasteiger partial charge is 0.476 e. The second kappa shape index (κ2) is 11.0. The van der Waals surface area contributed by atoms with E-state index in [1.807, 2.05) is 25.3 Å². The van der Waals surface area contributed by atoms with Crippen LogP contribution < -0.4 is 26.0 Å². The Hall–Kier alpha value is -2.80. The van der Waals surface area contributed by atoms with Gasteiger partial charge in [-0.05, 0) is 56.0 Å². The van der Waals surface area contributed by atoms with E-state index in [1.165, 1.54) is 5.57 Å². The molecule has 0 radical (unpaired) electrons. The molecule has 31 heavy (non-hydrogen) atoms. The zero-order chi connectivity index (χ0) is 22.2. The van der Waals surface area contributed by atoms with E-state index in [1.54, 1.807) is 17.9 Å². The Labute approximate surface area is 182 Å². The highest BCUT2D eigenvalue weighted by atomic mass is 19.2. The molecule has 0 atom stereocenters. The van der Waals surface area contributed by atoms with E-state index in [2.05, 4.69) is 29.1 Å². The van der Waals surface area contributed by atoms with Crippen LogP contribution in [0.4, 0.5) is 4.48 Å². The van der Waals surface area contributed by atoms with Crippen LogP contribution in [0.25, 0.3) is 11.8 Å². The molecule has 0 unspecified atom stereocenters. The summed E-state index contributed by atoms with van der Waals surface area (Å²) in [7, 11) is 0. The maximum atomic E-state index is 13.0. The molecule has 166 valence electrons. The van der Waals surface area contributed by atoms with Gasteiger partial charge in [-0.3, -0.25) is 9.78 Å². The van der Waals surface area contributed by atoms with E-state index >= 15 is 0 Å². The molecule has 0 amide bonds. The minimum absolute atomic E-state index is 0.101. The van der Waals surface area contributed by atoms with Crippen molar-refractivity contribution in [3.63, 3.8) is 0 Å². The Balaban J connectivity index is 1.83. The summed E-state index contributed by atoms with van der Waals surface area (Å²) in [4.78, 5) is 21.7. The quantitative estimate of drug-likeness (QED) is 0.346. The normalized spacial score (nSPS) is 15.4. The Morgan fingerprint density at radius 2 is 2.16 bits per heavy atom. The second-order valence-electron chi connectivity index (χ2n) is 7.97. The maximum absolute atomic E-state index is 13.0. The van der Waals surface area contributed by atoms with Crippen molar-refractivity contribution >= 4 is 17.6 Å². The molecule has 2 N–H and O–H groups in total. The minimum atomic E-state index is 0.101. The number of aryl methyl sites for hydroxylation is 1. The van der Waals surface area contributed by atoms with Gasteiger partial charge in [-0.25, -0.2) is 4.98 Å². The predicted molar refractivity (Wildman–Crippen MR) is 119 cm³/mol. The number of nitrogens with one attached hydrogen (secondary N) is 2. The first-order valence-corrected chi connectivity index (χ1v) is 10.9. The fourth-order valence-electron chi connectivity index (χ4n) is 3.57. The summed E-state index contributed by atoms with van der Waals surface area (Å²) in [6.07, 6.45) is 9.31. The standard InChI is InChI=1S/C24H31FN4O2/c1-4-16(2)20-8-9-27-22(23(30)19-6-5-7-19)21(20)15-26-13-18-12-17(3)24(28-14-18)31-11-10-29-25/h8-9,12,14-15,19,26,29H,4-7,10-11,13H2,1-3H3/b20-16+,21-15+. The van der Waals surface area contributed by atoms with Crippen LogP contribution in [-0.2, 0) is 6.54 Å². The fourth-order valence-corrected chi connectivity index (χ4v) is 3.57. The minimum Gasteiger partial charge on any atom is -0.476 e. The smallest absolute Gasteiger partial charge is 0.216 e. The molecule has 6 nitrogen and oxygen atoms in total. The molecule has 2 heterocycles. The van der Waals surface area contributed by atoms with Crippen molar-refractivity contribution in [1.29, 1.82) is 0 Å². The number of ether oxygens (including phenoxy) is 1. The Morgan fingerprint density at radius 3 is 2.81 bits per heavy atom. The Bertz CT molecular complexity index is 1030. The average Bonchev–Trinajstić information content (AvgIpc) is 2.73. The molecule has 2 aromatic rings. The SMILES string of the molecule is CC/C(C)=c1\ccnc(C(=O)C2CCC2)\c1=C\NCc1cnc(OCCNF)c(C)c1. The number of halogens is 1. The molecule has 1 saturated carbocycles. The van der Waals surface area contributed by atoms with E-state index in [-0.39, 0.29) is 24.9 Å². The van der Waals surface area contributed by atoms with Crippen LogP contribution in [0.2, 0.25) is 0 Å². The molecule has 0 aromatic carbocycles. The van der Waals surface area contributed by atoms with Crippen LogP contribution in [0, 0.1) is 12.8 Å². The van der Waals surface area contributed by atoms with E-state index in [4.69, 9.17) is 4.74 Å². The predicted octanol–water partition coefficient (Wildman–Crippen LogP) is 2.73. The van der Waals surface area contributed by atoms with Crippen molar-refractivity contribution in [2.75, 3.05) is 13.2 Å². The molecule has 7 heteroatoms. The molecule has 0 spiro atoms. The molecule has 2 aromatic heterocycles. The average molecular weight is 427 g/mol.